The third-order valence-electron chi connectivity index (χ3n) is 6.74. The average molecular weight is 899 g/mol. The van der Waals surface area contributed by atoms with Crippen LogP contribution in [-0.2, 0) is 14.3 Å². The van der Waals surface area contributed by atoms with Crippen molar-refractivity contribution < 1.29 is 70.5 Å². The van der Waals surface area contributed by atoms with Crippen LogP contribution in [0.2, 0.25) is 0 Å². The predicted molar refractivity (Wildman–Crippen MR) is 224 cm³/mol. The van der Waals surface area contributed by atoms with Gasteiger partial charge in [-0.15, -0.1) is 0 Å². The minimum absolute atomic E-state index is 0. The summed E-state index contributed by atoms with van der Waals surface area (Å²) < 4.78 is 4.09. The van der Waals surface area contributed by atoms with E-state index in [2.05, 4.69) is 65.8 Å². The van der Waals surface area contributed by atoms with Gasteiger partial charge in [-0.25, -0.2) is 15.0 Å². The molecule has 7 aromatic heterocycles. The van der Waals surface area contributed by atoms with Gasteiger partial charge in [-0.3, -0.25) is 70.4 Å². The molecule has 1 unspecified atom stereocenters. The molecule has 0 bridgehead atoms. The second kappa shape index (κ2) is 26.2. The predicted octanol–water partition coefficient (Wildman–Crippen LogP) is -1.22. The fourth-order valence-corrected chi connectivity index (χ4v) is 4.13. The molecule has 7 aromatic rings. The van der Waals surface area contributed by atoms with E-state index in [0.29, 0.717) is 56.4 Å². The summed E-state index contributed by atoms with van der Waals surface area (Å²) in [4.78, 5) is 72.4. The number of nitrogens with two attached hydrogens (primary N) is 3. The third kappa shape index (κ3) is 16.1. The number of aromatic amines is 4. The molecule has 13 N–H and O–H groups in total. The first-order valence-corrected chi connectivity index (χ1v) is 15.7. The largest absolute Gasteiger partial charge is 1.00 e. The van der Waals surface area contributed by atoms with Crippen LogP contribution in [0.4, 0.5) is 46.2 Å². The Kier molecular flexibility index (Phi) is 23.7. The van der Waals surface area contributed by atoms with Crippen molar-refractivity contribution in [3.63, 3.8) is 0 Å². The van der Waals surface area contributed by atoms with Crippen LogP contribution in [0.1, 0.15) is 23.2 Å². The van der Waals surface area contributed by atoms with E-state index in [4.69, 9.17) is 17.2 Å². The van der Waals surface area contributed by atoms with Crippen LogP contribution in [0.25, 0.3) is 33.1 Å². The Labute approximate surface area is 376 Å². The molecule has 0 spiro atoms. The summed E-state index contributed by atoms with van der Waals surface area (Å²) in [5.41, 5.74) is 16.8. The van der Waals surface area contributed by atoms with E-state index in [1.54, 1.807) is 11.0 Å². The number of nitrogens with one attached hydrogen (secondary N) is 5. The van der Waals surface area contributed by atoms with Crippen molar-refractivity contribution in [1.82, 2.24) is 55.7 Å². The Morgan fingerprint density at radius 2 is 1.27 bits per heavy atom. The average Bonchev–Trinajstić information content (AvgIpc) is 3.98. The smallest absolute Gasteiger partial charge is 1.00 e. The minimum atomic E-state index is -1.50. The zero-order chi connectivity index (χ0) is 44.0. The second-order valence-electron chi connectivity index (χ2n) is 11.1. The van der Waals surface area contributed by atoms with E-state index in [9.17, 15) is 50.0 Å². The van der Waals surface area contributed by atoms with E-state index in [1.165, 1.54) is 31.3 Å². The van der Waals surface area contributed by atoms with Gasteiger partial charge in [-0.2, -0.15) is 20.4 Å². The number of anilines is 5. The maximum absolute atomic E-state index is 10.9. The molecule has 1 amide bonds. The molecule has 336 valence electrons. The summed E-state index contributed by atoms with van der Waals surface area (Å²) in [6, 6.07) is 5.65. The first-order valence-electron chi connectivity index (χ1n) is 15.7. The van der Waals surface area contributed by atoms with Crippen molar-refractivity contribution in [3.8, 4) is 0 Å². The molecule has 32 nitrogen and oxygen atoms in total. The molecule has 0 aliphatic rings. The van der Waals surface area contributed by atoms with Gasteiger partial charge >= 0.3 is 35.8 Å². The fraction of sp³-hybridized carbons (Fsp3) is 0.233. The van der Waals surface area contributed by atoms with E-state index in [0.717, 1.165) is 19.5 Å². The van der Waals surface area contributed by atoms with Crippen molar-refractivity contribution in [1.29, 1.82) is 0 Å². The van der Waals surface area contributed by atoms with E-state index < -0.39 is 25.9 Å². The zero-order valence-corrected chi connectivity index (χ0v) is 34.3. The molecule has 0 aromatic carbocycles. The van der Waals surface area contributed by atoms with Crippen LogP contribution in [0, 0.1) is 40.5 Å². The summed E-state index contributed by atoms with van der Waals surface area (Å²) in [7, 11) is 4.73. The van der Waals surface area contributed by atoms with Crippen molar-refractivity contribution in [3.05, 3.63) is 83.3 Å². The number of hydrogen-bond acceptors (Lipinski definition) is 22. The summed E-state index contributed by atoms with van der Waals surface area (Å²) in [6.07, 6.45) is 2.08. The molecular formula is C30H43N20NaO12. The number of aromatic nitrogens is 11. The van der Waals surface area contributed by atoms with Crippen LogP contribution >= 0.6 is 0 Å². The summed E-state index contributed by atoms with van der Waals surface area (Å²) in [6.45, 7) is 1.33. The van der Waals surface area contributed by atoms with Crippen LogP contribution in [-0.4, -0.2) is 121 Å². The topological polar surface area (TPSA) is 494 Å². The number of carbonyl (C=O) groups excluding carboxylic acids is 2. The summed E-state index contributed by atoms with van der Waals surface area (Å²) in [5.74, 6) is 1.86. The Bertz CT molecular complexity index is 2600. The van der Waals surface area contributed by atoms with Gasteiger partial charge in [0.1, 0.15) is 41.9 Å². The number of fused-ring (bicyclic) bond motifs is 3. The van der Waals surface area contributed by atoms with Crippen LogP contribution < -0.4 is 57.0 Å². The molecule has 0 saturated heterocycles. The van der Waals surface area contributed by atoms with Gasteiger partial charge in [0.25, 0.3) is 17.1 Å². The van der Waals surface area contributed by atoms with Crippen LogP contribution in [0.15, 0.2) is 42.9 Å². The molecule has 7 rings (SSSR count). The standard InChI is InChI=1S/C8H7N5O3.C8H9N5O2.C6H5N5O2.C3H6N4.C3H5NO4.2CH4.Na.H2O.H/c1-4(14)10-8-6-2-5(13(15)16)3-9-7(6)11-12-8;1-12(2)8-6-3-5(13(14)15)4-9-7(6)10-11-8;7-5-4-1-3(11(12)13)2-8-6(4)10-9-5;4-2-1-3(5)7-6-2;1-8-3(2-5)4(6)7;;;;;/h2-3H,1H3,(H2,9,10,11,12,14);3-4H,1-2H3,(H,9,10,11);1-2H,(H3,7,8,9,10);1H,(H5,4,5,6,7);2-3H,1H3;2*1H4;;1H2;/q;;;;;;;+1;;-1. The molecule has 0 radical (unpaired) electrons. The molecule has 1 atom stereocenters. The van der Waals surface area contributed by atoms with Gasteiger partial charge in [-0.1, -0.05) is 14.9 Å². The Balaban J connectivity index is -0.000000734. The number of carbonyl (C=O) groups is 2. The molecule has 0 saturated carbocycles. The van der Waals surface area contributed by atoms with E-state index in [-0.39, 0.29) is 86.4 Å². The number of amides is 1. The van der Waals surface area contributed by atoms with Gasteiger partial charge < -0.3 is 39.1 Å². The third-order valence-corrected chi connectivity index (χ3v) is 6.74. The number of methoxy groups -OCH3 is 1. The number of rotatable bonds is 8. The number of ether oxygens (including phenoxy) is 1. The number of pyridine rings is 3. The number of aldehydes is 1. The maximum atomic E-state index is 10.9. The molecule has 0 fully saturated rings. The molecule has 63 heavy (non-hydrogen) atoms. The normalized spacial score (nSPS) is 9.90. The van der Waals surface area contributed by atoms with E-state index >= 15 is 0 Å². The van der Waals surface area contributed by atoms with Crippen molar-refractivity contribution in [2.24, 2.45) is 0 Å². The Morgan fingerprint density at radius 1 is 0.778 bits per heavy atom. The second-order valence-corrected chi connectivity index (χ2v) is 11.1. The van der Waals surface area contributed by atoms with Crippen molar-refractivity contribution >= 4 is 91.4 Å². The number of nitro groups is 4. The van der Waals surface area contributed by atoms with Crippen molar-refractivity contribution in [2.75, 3.05) is 48.6 Å². The molecular weight excluding hydrogens is 855 g/mol. The number of H-pyrrole nitrogens is 4. The van der Waals surface area contributed by atoms with Crippen LogP contribution in [0.3, 0.4) is 0 Å². The Hall–Kier alpha value is -8.07. The fourth-order valence-electron chi connectivity index (χ4n) is 4.13. The van der Waals surface area contributed by atoms with Crippen LogP contribution in [0.5, 0.6) is 0 Å². The number of hydrogen-bond donors (Lipinski definition) is 8. The van der Waals surface area contributed by atoms with Gasteiger partial charge in [-0.05, 0) is 0 Å². The van der Waals surface area contributed by atoms with Gasteiger partial charge in [0.2, 0.25) is 12.2 Å². The molecule has 33 heteroatoms. The van der Waals surface area contributed by atoms with Gasteiger partial charge in [0, 0.05) is 52.4 Å². The Morgan fingerprint density at radius 3 is 1.67 bits per heavy atom. The monoisotopic (exact) mass is 898 g/mol. The first kappa shape index (κ1) is 57.0. The molecule has 7 heterocycles. The van der Waals surface area contributed by atoms with E-state index in [1.807, 2.05) is 14.1 Å². The zero-order valence-electron chi connectivity index (χ0n) is 33.3. The quantitative estimate of drug-likeness (QED) is 0.0291. The van der Waals surface area contributed by atoms with Crippen molar-refractivity contribution in [2.45, 2.75) is 28.0 Å². The number of nitrogens with zero attached hydrogens (tertiary/aromatic N) is 12. The van der Waals surface area contributed by atoms with Gasteiger partial charge in [0.15, 0.2) is 22.8 Å². The molecule has 0 aliphatic carbocycles. The first-order chi connectivity index (χ1) is 27.9. The minimum Gasteiger partial charge on any atom is -1.00 e. The van der Waals surface area contributed by atoms with Gasteiger partial charge in [0.05, 0.1) is 35.9 Å². The summed E-state index contributed by atoms with van der Waals surface area (Å²) in [5, 5.41) is 70.4. The SMILES string of the molecule is C.C.CC(=O)Nc1[nH]nc2ncc([N+](=O)[O-])cc12.CN(C)c1n[nH]c2ncc([N+](=O)[O-])cc12.COC(C=O)[N+](=O)[O-].Nc1[nH]nc2ncc([N+](=O)[O-])cc12.Nc1cc(N)[nH]n1.O.[H-].[Na+]. The summed E-state index contributed by atoms with van der Waals surface area (Å²) >= 11 is 0. The number of nitrogen functional groups attached to an aromatic ring is 3. The molecule has 0 aliphatic heterocycles. The maximum Gasteiger partial charge on any atom is 1.00 e.